The number of aliphatic imine (C=N–C) groups is 1. The van der Waals surface area contributed by atoms with Crippen LogP contribution in [0.25, 0.3) is 5.69 Å². The number of nitrogens with zero attached hydrogens (tertiary/aromatic N) is 3. The van der Waals surface area contributed by atoms with Crippen LogP contribution in [0.5, 0.6) is 0 Å². The molecule has 4 N–H and O–H groups in total. The number of benzene rings is 2. The van der Waals surface area contributed by atoms with Crippen LogP contribution in [-0.4, -0.2) is 41.3 Å². The van der Waals surface area contributed by atoms with E-state index in [0.29, 0.717) is 25.5 Å². The van der Waals surface area contributed by atoms with Crippen molar-refractivity contribution in [3.05, 3.63) is 83.9 Å². The average molecular weight is 437 g/mol. The second-order valence-electron chi connectivity index (χ2n) is 7.44. The quantitative estimate of drug-likeness (QED) is 0.336. The van der Waals surface area contributed by atoms with Crippen LogP contribution < -0.4 is 16.4 Å². The smallest absolute Gasteiger partial charge is 0.222 e. The van der Waals surface area contributed by atoms with Gasteiger partial charge in [-0.3, -0.25) is 9.79 Å². The van der Waals surface area contributed by atoms with Gasteiger partial charge in [-0.15, -0.1) is 0 Å². The van der Waals surface area contributed by atoms with E-state index in [1.165, 1.54) is 17.7 Å². The zero-order valence-electron chi connectivity index (χ0n) is 18.2. The summed E-state index contributed by atoms with van der Waals surface area (Å²) < 4.78 is 14.9. The number of carbonyl (C=O) groups excluding carboxylic acids is 1. The normalized spacial score (nSPS) is 12.4. The highest BCUT2D eigenvalue weighted by Crippen LogP contribution is 2.11. The molecule has 1 unspecified atom stereocenters. The number of halogens is 1. The minimum absolute atomic E-state index is 0.251. The molecule has 0 radical (unpaired) electrons. The van der Waals surface area contributed by atoms with Crippen molar-refractivity contribution >= 4 is 11.9 Å². The monoisotopic (exact) mass is 436 g/mol. The van der Waals surface area contributed by atoms with Crippen LogP contribution in [0.15, 0.2) is 72.0 Å². The van der Waals surface area contributed by atoms with E-state index >= 15 is 0 Å². The van der Waals surface area contributed by atoms with Crippen molar-refractivity contribution in [2.75, 3.05) is 19.6 Å². The van der Waals surface area contributed by atoms with Gasteiger partial charge in [0.05, 0.1) is 18.2 Å². The summed E-state index contributed by atoms with van der Waals surface area (Å²) >= 11 is 0. The number of hydrogen-bond acceptors (Lipinski definition) is 3. The molecular formula is C24H29FN6O. The fraction of sp³-hybridized carbons (Fsp3) is 0.292. The molecule has 2 aromatic carbocycles. The van der Waals surface area contributed by atoms with Crippen LogP contribution in [0.2, 0.25) is 0 Å². The molecule has 3 aromatic rings. The second-order valence-corrected chi connectivity index (χ2v) is 7.44. The van der Waals surface area contributed by atoms with Gasteiger partial charge in [0.25, 0.3) is 0 Å². The van der Waals surface area contributed by atoms with Gasteiger partial charge in [0, 0.05) is 25.5 Å². The molecule has 0 bridgehead atoms. The van der Waals surface area contributed by atoms with Crippen molar-refractivity contribution < 1.29 is 9.18 Å². The molecule has 0 saturated carbocycles. The highest BCUT2D eigenvalue weighted by Gasteiger charge is 2.16. The first-order valence-corrected chi connectivity index (χ1v) is 10.7. The van der Waals surface area contributed by atoms with E-state index in [-0.39, 0.29) is 12.4 Å². The molecule has 32 heavy (non-hydrogen) atoms. The van der Waals surface area contributed by atoms with E-state index in [4.69, 9.17) is 5.73 Å². The maximum absolute atomic E-state index is 13.1. The topological polar surface area (TPSA) is 97.3 Å². The minimum atomic E-state index is -0.467. The number of amides is 1. The lowest BCUT2D eigenvalue weighted by Crippen LogP contribution is -2.39. The summed E-state index contributed by atoms with van der Waals surface area (Å²) in [7, 11) is 0. The zero-order chi connectivity index (χ0) is 22.8. The predicted molar refractivity (Wildman–Crippen MR) is 124 cm³/mol. The van der Waals surface area contributed by atoms with Gasteiger partial charge < -0.3 is 16.4 Å². The number of guanidine groups is 1. The SMILES string of the molecule is CCNC(=NCC(Cc1ccc(F)cc1)C(N)=O)NCCc1ccc(-n2cccn2)cc1. The zero-order valence-corrected chi connectivity index (χ0v) is 18.2. The largest absolute Gasteiger partial charge is 0.369 e. The van der Waals surface area contributed by atoms with Crippen LogP contribution in [-0.2, 0) is 17.6 Å². The van der Waals surface area contributed by atoms with E-state index in [9.17, 15) is 9.18 Å². The van der Waals surface area contributed by atoms with Crippen molar-refractivity contribution in [2.24, 2.45) is 16.6 Å². The summed E-state index contributed by atoms with van der Waals surface area (Å²) in [6.07, 6.45) is 4.90. The summed E-state index contributed by atoms with van der Waals surface area (Å²) in [5, 5.41) is 10.7. The number of nitrogens with two attached hydrogens (primary N) is 1. The van der Waals surface area contributed by atoms with Crippen LogP contribution >= 0.6 is 0 Å². The number of primary amides is 1. The van der Waals surface area contributed by atoms with Gasteiger partial charge >= 0.3 is 0 Å². The summed E-state index contributed by atoms with van der Waals surface area (Å²) in [5.41, 5.74) is 8.62. The third-order valence-corrected chi connectivity index (χ3v) is 5.02. The molecule has 0 aliphatic rings. The summed E-state index contributed by atoms with van der Waals surface area (Å²) in [5.74, 6) is -0.569. The van der Waals surface area contributed by atoms with Crippen molar-refractivity contribution in [2.45, 2.75) is 19.8 Å². The molecule has 168 valence electrons. The number of nitrogens with one attached hydrogen (secondary N) is 2. The van der Waals surface area contributed by atoms with Crippen LogP contribution in [0.1, 0.15) is 18.1 Å². The van der Waals surface area contributed by atoms with Gasteiger partial charge in [0.15, 0.2) is 5.96 Å². The van der Waals surface area contributed by atoms with Crippen molar-refractivity contribution in [1.82, 2.24) is 20.4 Å². The summed E-state index contributed by atoms with van der Waals surface area (Å²) in [4.78, 5) is 16.4. The molecule has 0 spiro atoms. The molecule has 1 atom stereocenters. The van der Waals surface area contributed by atoms with Gasteiger partial charge in [-0.25, -0.2) is 9.07 Å². The first-order chi connectivity index (χ1) is 15.5. The Balaban J connectivity index is 1.53. The second kappa shape index (κ2) is 11.6. The fourth-order valence-electron chi connectivity index (χ4n) is 3.27. The molecule has 3 rings (SSSR count). The number of aromatic nitrogens is 2. The van der Waals surface area contributed by atoms with Crippen LogP contribution in [0.3, 0.4) is 0 Å². The van der Waals surface area contributed by atoms with Crippen molar-refractivity contribution in [3.8, 4) is 5.69 Å². The van der Waals surface area contributed by atoms with E-state index in [2.05, 4.69) is 32.9 Å². The number of rotatable bonds is 10. The van der Waals surface area contributed by atoms with E-state index < -0.39 is 11.8 Å². The Kier molecular flexibility index (Phi) is 8.36. The summed E-state index contributed by atoms with van der Waals surface area (Å²) in [6.45, 7) is 3.62. The third kappa shape index (κ3) is 6.94. The highest BCUT2D eigenvalue weighted by atomic mass is 19.1. The van der Waals surface area contributed by atoms with Gasteiger partial charge in [0.1, 0.15) is 5.82 Å². The lowest BCUT2D eigenvalue weighted by Gasteiger charge is -2.15. The Morgan fingerprint density at radius 1 is 1.12 bits per heavy atom. The van der Waals surface area contributed by atoms with Gasteiger partial charge in [-0.05, 0) is 61.2 Å². The first-order valence-electron chi connectivity index (χ1n) is 10.7. The molecule has 1 heterocycles. The molecule has 7 nitrogen and oxygen atoms in total. The Hall–Kier alpha value is -3.68. The Labute approximate surface area is 187 Å². The highest BCUT2D eigenvalue weighted by molar-refractivity contribution is 5.81. The van der Waals surface area contributed by atoms with E-state index in [1.54, 1.807) is 18.3 Å². The van der Waals surface area contributed by atoms with Crippen molar-refractivity contribution in [3.63, 3.8) is 0 Å². The molecule has 0 aliphatic carbocycles. The van der Waals surface area contributed by atoms with Crippen molar-refractivity contribution in [1.29, 1.82) is 0 Å². The van der Waals surface area contributed by atoms with Crippen LogP contribution in [0, 0.1) is 11.7 Å². The number of carbonyl (C=O) groups is 1. The van der Waals surface area contributed by atoms with Gasteiger partial charge in [-0.2, -0.15) is 5.10 Å². The Morgan fingerprint density at radius 2 is 1.84 bits per heavy atom. The minimum Gasteiger partial charge on any atom is -0.369 e. The third-order valence-electron chi connectivity index (χ3n) is 5.02. The molecular weight excluding hydrogens is 407 g/mol. The maximum Gasteiger partial charge on any atom is 0.222 e. The Morgan fingerprint density at radius 3 is 2.47 bits per heavy atom. The summed E-state index contributed by atoms with van der Waals surface area (Å²) in [6, 6.07) is 16.2. The fourth-order valence-corrected chi connectivity index (χ4v) is 3.27. The lowest BCUT2D eigenvalue weighted by atomic mass is 9.99. The molecule has 0 aliphatic heterocycles. The van der Waals surface area contributed by atoms with Crippen LogP contribution in [0.4, 0.5) is 4.39 Å². The average Bonchev–Trinajstić information content (AvgIpc) is 3.33. The van der Waals surface area contributed by atoms with Gasteiger partial charge in [0.2, 0.25) is 5.91 Å². The van der Waals surface area contributed by atoms with E-state index in [0.717, 1.165) is 17.7 Å². The molecule has 0 saturated heterocycles. The predicted octanol–water partition coefficient (Wildman–Crippen LogP) is 2.45. The lowest BCUT2D eigenvalue weighted by molar-refractivity contribution is -0.121. The van der Waals surface area contributed by atoms with E-state index in [1.807, 2.05) is 36.0 Å². The standard InChI is InChI=1S/C24H29FN6O/c1-2-27-24(29-17-20(23(26)32)16-19-4-8-21(25)9-5-19)28-14-12-18-6-10-22(11-7-18)31-15-3-13-30-31/h3-11,13,15,20H,2,12,14,16-17H2,1H3,(H2,26,32)(H2,27,28,29). The number of hydrogen-bond donors (Lipinski definition) is 3. The molecule has 0 fully saturated rings. The maximum atomic E-state index is 13.1. The first kappa shape index (κ1) is 23.0. The molecule has 1 amide bonds. The molecule has 1 aromatic heterocycles. The van der Waals surface area contributed by atoms with Gasteiger partial charge in [-0.1, -0.05) is 24.3 Å². The molecule has 8 heteroatoms. The Bertz CT molecular complexity index is 1000.